The van der Waals surface area contributed by atoms with Gasteiger partial charge in [-0.1, -0.05) is 0 Å². The van der Waals surface area contributed by atoms with Crippen molar-refractivity contribution in [1.82, 2.24) is 0 Å². The molecular weight excluding hydrogens is 206 g/mol. The van der Waals surface area contributed by atoms with E-state index in [2.05, 4.69) is 0 Å². The number of ether oxygens (including phenoxy) is 1. The molecule has 2 bridgehead atoms. The smallest absolute Gasteiger partial charge is 0.159 e. The van der Waals surface area contributed by atoms with Gasteiger partial charge in [-0.15, -0.1) is 0 Å². The maximum Gasteiger partial charge on any atom is 0.159 e. The van der Waals surface area contributed by atoms with Crippen LogP contribution in [0.2, 0.25) is 0 Å². The molecule has 0 radical (unpaired) electrons. The standard InChI is InChI=1S/C8H10O3P2/c9-12-3-5-6(4-13-10)8-2-1-7(5)11-8/h7-8H,1-4H2. The first-order valence-electron chi connectivity index (χ1n) is 4.32. The average molecular weight is 216 g/mol. The lowest BCUT2D eigenvalue weighted by molar-refractivity contribution is 0.112. The van der Waals surface area contributed by atoms with Crippen LogP contribution in [0.1, 0.15) is 12.8 Å². The molecule has 5 heteroatoms. The lowest BCUT2D eigenvalue weighted by Gasteiger charge is -2.11. The zero-order valence-corrected chi connectivity index (χ0v) is 8.89. The Hall–Kier alpha value is -0.100. The second kappa shape index (κ2) is 3.96. The van der Waals surface area contributed by atoms with Gasteiger partial charge in [-0.25, -0.2) is 0 Å². The Morgan fingerprint density at radius 3 is 1.92 bits per heavy atom. The van der Waals surface area contributed by atoms with Crippen LogP contribution in [0.5, 0.6) is 0 Å². The molecular formula is C8H10O3P2. The molecule has 2 rings (SSSR count). The van der Waals surface area contributed by atoms with Gasteiger partial charge in [0.1, 0.15) is 0 Å². The van der Waals surface area contributed by atoms with Gasteiger partial charge in [0, 0.05) is 0 Å². The van der Waals surface area contributed by atoms with E-state index in [0.717, 1.165) is 24.0 Å². The van der Waals surface area contributed by atoms with Gasteiger partial charge < -0.3 is 4.74 Å². The molecule has 2 aliphatic heterocycles. The van der Waals surface area contributed by atoms with Gasteiger partial charge in [-0.3, -0.25) is 9.13 Å². The first kappa shape index (κ1) is 9.45. The molecule has 13 heavy (non-hydrogen) atoms. The molecule has 3 nitrogen and oxygen atoms in total. The predicted octanol–water partition coefficient (Wildman–Crippen LogP) is 2.43. The molecule has 0 aromatic rings. The second-order valence-electron chi connectivity index (χ2n) is 3.32. The minimum Gasteiger partial charge on any atom is -0.366 e. The van der Waals surface area contributed by atoms with E-state index in [1.165, 1.54) is 0 Å². The summed E-state index contributed by atoms with van der Waals surface area (Å²) in [5, 5.41) is 0. The molecule has 0 aliphatic carbocycles. The highest BCUT2D eigenvalue weighted by Crippen LogP contribution is 2.41. The molecule has 0 amide bonds. The molecule has 1 fully saturated rings. The summed E-state index contributed by atoms with van der Waals surface area (Å²) in [7, 11) is 0.274. The second-order valence-corrected chi connectivity index (χ2v) is 4.46. The lowest BCUT2D eigenvalue weighted by Crippen LogP contribution is -2.11. The molecule has 70 valence electrons. The maximum absolute atomic E-state index is 10.5. The van der Waals surface area contributed by atoms with E-state index in [1.54, 1.807) is 0 Å². The van der Waals surface area contributed by atoms with Crippen molar-refractivity contribution < 1.29 is 13.9 Å². The van der Waals surface area contributed by atoms with Crippen molar-refractivity contribution in [3.8, 4) is 0 Å². The fourth-order valence-corrected chi connectivity index (χ4v) is 3.20. The van der Waals surface area contributed by atoms with E-state index >= 15 is 0 Å². The highest BCUT2D eigenvalue weighted by atomic mass is 31.1. The van der Waals surface area contributed by atoms with E-state index in [0.29, 0.717) is 12.3 Å². The van der Waals surface area contributed by atoms with Crippen molar-refractivity contribution in [3.05, 3.63) is 11.1 Å². The molecule has 0 saturated carbocycles. The highest BCUT2D eigenvalue weighted by molar-refractivity contribution is 7.24. The van der Waals surface area contributed by atoms with Gasteiger partial charge in [-0.2, -0.15) is 0 Å². The van der Waals surface area contributed by atoms with Crippen LogP contribution in [0.15, 0.2) is 11.1 Å². The average Bonchev–Trinajstić information content (AvgIpc) is 2.69. The minimum absolute atomic E-state index is 0.137. The number of hydrogen-bond donors (Lipinski definition) is 0. The molecule has 2 unspecified atom stereocenters. The Labute approximate surface area is 79.9 Å². The van der Waals surface area contributed by atoms with Crippen LogP contribution in [0.25, 0.3) is 0 Å². The van der Waals surface area contributed by atoms with Crippen molar-refractivity contribution >= 4 is 16.9 Å². The molecule has 2 atom stereocenters. The Morgan fingerprint density at radius 1 is 1.08 bits per heavy atom. The first-order valence-corrected chi connectivity index (χ1v) is 6.32. The number of fused-ring (bicyclic) bond motifs is 2. The Balaban J connectivity index is 2.22. The molecule has 0 N–H and O–H groups in total. The Kier molecular flexibility index (Phi) is 2.88. The summed E-state index contributed by atoms with van der Waals surface area (Å²) < 4.78 is 26.7. The van der Waals surface area contributed by atoms with Crippen LogP contribution in [0.3, 0.4) is 0 Å². The summed E-state index contributed by atoms with van der Waals surface area (Å²) in [6.45, 7) is 0. The van der Waals surface area contributed by atoms with Gasteiger partial charge in [-0.05, 0) is 24.0 Å². The zero-order valence-electron chi connectivity index (χ0n) is 7.10. The van der Waals surface area contributed by atoms with Gasteiger partial charge in [0.2, 0.25) is 0 Å². The maximum atomic E-state index is 10.5. The topological polar surface area (TPSA) is 43.4 Å². The Bertz CT molecular complexity index is 249. The Morgan fingerprint density at radius 2 is 1.54 bits per heavy atom. The molecule has 1 saturated heterocycles. The molecule has 0 spiro atoms. The van der Waals surface area contributed by atoms with Gasteiger partial charge in [0.15, 0.2) is 16.9 Å². The zero-order chi connectivity index (χ0) is 9.26. The van der Waals surface area contributed by atoms with E-state index < -0.39 is 0 Å². The fourth-order valence-electron chi connectivity index (χ4n) is 2.11. The van der Waals surface area contributed by atoms with Crippen molar-refractivity contribution in [1.29, 1.82) is 0 Å². The van der Waals surface area contributed by atoms with Crippen molar-refractivity contribution in [2.75, 3.05) is 12.3 Å². The lowest BCUT2D eigenvalue weighted by atomic mass is 9.94. The highest BCUT2D eigenvalue weighted by Gasteiger charge is 2.39. The van der Waals surface area contributed by atoms with Crippen LogP contribution in [0, 0.1) is 0 Å². The summed E-state index contributed by atoms with van der Waals surface area (Å²) in [6, 6.07) is 0. The third-order valence-electron chi connectivity index (χ3n) is 2.68. The van der Waals surface area contributed by atoms with E-state index in [9.17, 15) is 9.13 Å². The summed E-state index contributed by atoms with van der Waals surface area (Å²) in [4.78, 5) is 0. The van der Waals surface area contributed by atoms with Crippen molar-refractivity contribution in [2.45, 2.75) is 25.0 Å². The molecule has 0 aromatic heterocycles. The summed E-state index contributed by atoms with van der Waals surface area (Å²) >= 11 is 0. The van der Waals surface area contributed by atoms with E-state index in [-0.39, 0.29) is 29.1 Å². The summed E-state index contributed by atoms with van der Waals surface area (Å²) in [6.07, 6.45) is 3.51. The summed E-state index contributed by atoms with van der Waals surface area (Å²) in [5.74, 6) is 0. The van der Waals surface area contributed by atoms with E-state index in [1.807, 2.05) is 0 Å². The fraction of sp³-hybridized carbons (Fsp3) is 0.750. The largest absolute Gasteiger partial charge is 0.366 e. The summed E-state index contributed by atoms with van der Waals surface area (Å²) in [5.41, 5.74) is 2.27. The van der Waals surface area contributed by atoms with Crippen LogP contribution < -0.4 is 0 Å². The van der Waals surface area contributed by atoms with Gasteiger partial charge >= 0.3 is 0 Å². The molecule has 0 aromatic carbocycles. The van der Waals surface area contributed by atoms with Crippen LogP contribution >= 0.6 is 16.9 Å². The van der Waals surface area contributed by atoms with Crippen molar-refractivity contribution in [3.63, 3.8) is 0 Å². The number of hydrogen-bond acceptors (Lipinski definition) is 3. The van der Waals surface area contributed by atoms with Gasteiger partial charge in [0.25, 0.3) is 0 Å². The van der Waals surface area contributed by atoms with Crippen LogP contribution in [0.4, 0.5) is 0 Å². The normalized spacial score (nSPS) is 32.3. The minimum atomic E-state index is 0.137. The number of rotatable bonds is 4. The monoisotopic (exact) mass is 216 g/mol. The van der Waals surface area contributed by atoms with E-state index in [4.69, 9.17) is 4.74 Å². The first-order chi connectivity index (χ1) is 6.36. The predicted molar refractivity (Wildman–Crippen MR) is 49.9 cm³/mol. The SMILES string of the molecule is O=PCC1=C(CP=O)C2CCC1O2. The van der Waals surface area contributed by atoms with Gasteiger partial charge in [0.05, 0.1) is 24.5 Å². The molecule has 2 heterocycles. The quantitative estimate of drug-likeness (QED) is 0.535. The van der Waals surface area contributed by atoms with Crippen LogP contribution in [-0.2, 0) is 13.9 Å². The third kappa shape index (κ3) is 1.61. The van der Waals surface area contributed by atoms with Crippen LogP contribution in [-0.4, -0.2) is 24.5 Å². The third-order valence-corrected chi connectivity index (χ3v) is 3.62. The van der Waals surface area contributed by atoms with Crippen molar-refractivity contribution in [2.24, 2.45) is 0 Å². The molecule has 2 aliphatic rings.